The van der Waals surface area contributed by atoms with Gasteiger partial charge in [-0.15, -0.1) is 0 Å². The summed E-state index contributed by atoms with van der Waals surface area (Å²) < 4.78 is 0. The van der Waals surface area contributed by atoms with E-state index in [4.69, 9.17) is 0 Å². The van der Waals surface area contributed by atoms with Crippen LogP contribution < -0.4 is 10.6 Å². The van der Waals surface area contributed by atoms with Crippen molar-refractivity contribution in [3.05, 3.63) is 59.7 Å². The summed E-state index contributed by atoms with van der Waals surface area (Å²) in [4.78, 5) is 0. The number of anilines is 2. The zero-order chi connectivity index (χ0) is 16.7. The number of para-hydroxylation sites is 2. The van der Waals surface area contributed by atoms with Crippen molar-refractivity contribution in [2.75, 3.05) is 17.2 Å². The molecule has 0 aliphatic heterocycles. The minimum Gasteiger partial charge on any atom is -0.381 e. The first-order valence-corrected chi connectivity index (χ1v) is 7.64. The molecule has 4 heteroatoms. The SMILES string of the molecule is CC(C)C(CNc1c(C#N)cccc1C#N)Nc1ccccc1. The zero-order valence-corrected chi connectivity index (χ0v) is 13.4. The van der Waals surface area contributed by atoms with Crippen LogP contribution in [0.15, 0.2) is 48.5 Å². The van der Waals surface area contributed by atoms with Crippen LogP contribution in [0.4, 0.5) is 11.4 Å². The summed E-state index contributed by atoms with van der Waals surface area (Å²) in [7, 11) is 0. The van der Waals surface area contributed by atoms with Gasteiger partial charge in [-0.2, -0.15) is 10.5 Å². The lowest BCUT2D eigenvalue weighted by Gasteiger charge is -2.25. The van der Waals surface area contributed by atoms with E-state index in [1.54, 1.807) is 18.2 Å². The molecule has 116 valence electrons. The molecule has 1 unspecified atom stereocenters. The molecular weight excluding hydrogens is 284 g/mol. The predicted octanol–water partition coefficient (Wildman–Crippen LogP) is 3.98. The Balaban J connectivity index is 2.14. The number of hydrogen-bond donors (Lipinski definition) is 2. The summed E-state index contributed by atoms with van der Waals surface area (Å²) >= 11 is 0. The summed E-state index contributed by atoms with van der Waals surface area (Å²) in [6.07, 6.45) is 0. The molecule has 1 atom stereocenters. The third kappa shape index (κ3) is 4.25. The van der Waals surface area contributed by atoms with Crippen LogP contribution in [0.25, 0.3) is 0 Å². The summed E-state index contributed by atoms with van der Waals surface area (Å²) in [6, 6.07) is 19.6. The first kappa shape index (κ1) is 16.4. The van der Waals surface area contributed by atoms with Gasteiger partial charge in [0.05, 0.1) is 16.8 Å². The maximum Gasteiger partial charge on any atom is 0.101 e. The van der Waals surface area contributed by atoms with E-state index >= 15 is 0 Å². The van der Waals surface area contributed by atoms with Gasteiger partial charge in [0.1, 0.15) is 12.1 Å². The molecule has 2 N–H and O–H groups in total. The van der Waals surface area contributed by atoms with E-state index in [9.17, 15) is 10.5 Å². The standard InChI is InChI=1S/C19H20N4/c1-14(2)18(23-17-9-4-3-5-10-17)13-22-19-15(11-20)7-6-8-16(19)12-21/h3-10,14,18,22-23H,13H2,1-2H3. The molecule has 0 aliphatic rings. The van der Waals surface area contributed by atoms with Gasteiger partial charge in [0.15, 0.2) is 0 Å². The molecule has 2 rings (SSSR count). The fourth-order valence-electron chi connectivity index (χ4n) is 2.34. The monoisotopic (exact) mass is 304 g/mol. The molecule has 23 heavy (non-hydrogen) atoms. The maximum atomic E-state index is 9.23. The third-order valence-electron chi connectivity index (χ3n) is 3.73. The molecule has 0 spiro atoms. The van der Waals surface area contributed by atoms with Crippen LogP contribution in [0, 0.1) is 28.6 Å². The van der Waals surface area contributed by atoms with E-state index < -0.39 is 0 Å². The Bertz CT molecular complexity index is 691. The van der Waals surface area contributed by atoms with Crippen molar-refractivity contribution in [1.29, 1.82) is 10.5 Å². The molecule has 2 aromatic carbocycles. The van der Waals surface area contributed by atoms with Crippen molar-refractivity contribution in [2.45, 2.75) is 19.9 Å². The normalized spacial score (nSPS) is 11.3. The molecule has 0 heterocycles. The quantitative estimate of drug-likeness (QED) is 0.846. The van der Waals surface area contributed by atoms with Crippen LogP contribution in [0.5, 0.6) is 0 Å². The van der Waals surface area contributed by atoms with Gasteiger partial charge in [0.25, 0.3) is 0 Å². The molecule has 0 bridgehead atoms. The van der Waals surface area contributed by atoms with Gasteiger partial charge < -0.3 is 10.6 Å². The van der Waals surface area contributed by atoms with Gasteiger partial charge in [-0.25, -0.2) is 0 Å². The summed E-state index contributed by atoms with van der Waals surface area (Å²) in [5, 5.41) is 25.2. The van der Waals surface area contributed by atoms with Crippen molar-refractivity contribution in [1.82, 2.24) is 0 Å². The number of nitrogens with one attached hydrogen (secondary N) is 2. The van der Waals surface area contributed by atoms with E-state index in [2.05, 4.69) is 36.6 Å². The topological polar surface area (TPSA) is 71.6 Å². The van der Waals surface area contributed by atoms with Crippen LogP contribution in [0.3, 0.4) is 0 Å². The van der Waals surface area contributed by atoms with E-state index in [-0.39, 0.29) is 6.04 Å². The number of benzene rings is 2. The van der Waals surface area contributed by atoms with Crippen molar-refractivity contribution in [2.24, 2.45) is 5.92 Å². The van der Waals surface area contributed by atoms with E-state index in [0.29, 0.717) is 29.3 Å². The summed E-state index contributed by atoms with van der Waals surface area (Å²) in [5.74, 6) is 0.391. The molecule has 4 nitrogen and oxygen atoms in total. The third-order valence-corrected chi connectivity index (χ3v) is 3.73. The molecule has 0 aliphatic carbocycles. The average Bonchev–Trinajstić information content (AvgIpc) is 2.58. The van der Waals surface area contributed by atoms with Gasteiger partial charge in [-0.05, 0) is 30.2 Å². The Morgan fingerprint density at radius 3 is 2.04 bits per heavy atom. The van der Waals surface area contributed by atoms with Crippen LogP contribution in [0.2, 0.25) is 0 Å². The second-order valence-corrected chi connectivity index (χ2v) is 5.69. The average molecular weight is 304 g/mol. The Labute approximate surface area is 137 Å². The molecular formula is C19H20N4. The Hall–Kier alpha value is -2.98. The number of rotatable bonds is 6. The highest BCUT2D eigenvalue weighted by Crippen LogP contribution is 2.21. The highest BCUT2D eigenvalue weighted by Gasteiger charge is 2.15. The van der Waals surface area contributed by atoms with E-state index in [1.165, 1.54) is 0 Å². The van der Waals surface area contributed by atoms with Crippen molar-refractivity contribution < 1.29 is 0 Å². The first-order chi connectivity index (χ1) is 11.2. The molecule has 2 aromatic rings. The van der Waals surface area contributed by atoms with Crippen LogP contribution in [0.1, 0.15) is 25.0 Å². The first-order valence-electron chi connectivity index (χ1n) is 7.64. The van der Waals surface area contributed by atoms with Crippen LogP contribution >= 0.6 is 0 Å². The Kier molecular flexibility index (Phi) is 5.61. The molecule has 0 saturated heterocycles. The molecule has 0 amide bonds. The predicted molar refractivity (Wildman–Crippen MR) is 93.1 cm³/mol. The van der Waals surface area contributed by atoms with Gasteiger partial charge in [0, 0.05) is 18.3 Å². The number of nitriles is 2. The lowest BCUT2D eigenvalue weighted by atomic mass is 10.0. The Morgan fingerprint density at radius 1 is 0.913 bits per heavy atom. The second-order valence-electron chi connectivity index (χ2n) is 5.69. The smallest absolute Gasteiger partial charge is 0.101 e. The molecule has 0 saturated carbocycles. The second kappa shape index (κ2) is 7.87. The lowest BCUT2D eigenvalue weighted by molar-refractivity contribution is 0.542. The fraction of sp³-hybridized carbons (Fsp3) is 0.263. The largest absolute Gasteiger partial charge is 0.381 e. The van der Waals surface area contributed by atoms with Gasteiger partial charge >= 0.3 is 0 Å². The maximum absolute atomic E-state index is 9.23. The van der Waals surface area contributed by atoms with Gasteiger partial charge in [-0.1, -0.05) is 38.1 Å². The van der Waals surface area contributed by atoms with Crippen molar-refractivity contribution in [3.8, 4) is 12.1 Å². The van der Waals surface area contributed by atoms with E-state index in [1.807, 2.05) is 30.3 Å². The number of nitrogens with zero attached hydrogens (tertiary/aromatic N) is 2. The molecule has 0 fully saturated rings. The minimum atomic E-state index is 0.177. The van der Waals surface area contributed by atoms with Gasteiger partial charge in [0.2, 0.25) is 0 Å². The van der Waals surface area contributed by atoms with E-state index in [0.717, 1.165) is 5.69 Å². The fourth-order valence-corrected chi connectivity index (χ4v) is 2.34. The summed E-state index contributed by atoms with van der Waals surface area (Å²) in [6.45, 7) is 4.91. The zero-order valence-electron chi connectivity index (χ0n) is 13.4. The Morgan fingerprint density at radius 2 is 1.52 bits per heavy atom. The minimum absolute atomic E-state index is 0.177. The molecule has 0 aromatic heterocycles. The van der Waals surface area contributed by atoms with Crippen LogP contribution in [-0.2, 0) is 0 Å². The van der Waals surface area contributed by atoms with Gasteiger partial charge in [-0.3, -0.25) is 0 Å². The highest BCUT2D eigenvalue weighted by molar-refractivity contribution is 5.66. The number of hydrogen-bond acceptors (Lipinski definition) is 4. The van der Waals surface area contributed by atoms with Crippen molar-refractivity contribution >= 4 is 11.4 Å². The summed E-state index contributed by atoms with van der Waals surface area (Å²) in [5.41, 5.74) is 2.65. The van der Waals surface area contributed by atoms with Crippen molar-refractivity contribution in [3.63, 3.8) is 0 Å². The lowest BCUT2D eigenvalue weighted by Crippen LogP contribution is -2.33. The highest BCUT2D eigenvalue weighted by atomic mass is 15.0. The molecule has 0 radical (unpaired) electrons. The van der Waals surface area contributed by atoms with Crippen LogP contribution in [-0.4, -0.2) is 12.6 Å².